The van der Waals surface area contributed by atoms with E-state index in [2.05, 4.69) is 0 Å². The van der Waals surface area contributed by atoms with Crippen molar-refractivity contribution in [2.45, 2.75) is 39.7 Å². The van der Waals surface area contributed by atoms with Crippen LogP contribution < -0.4 is 9.47 Å². The van der Waals surface area contributed by atoms with Gasteiger partial charge in [-0.25, -0.2) is 0 Å². The molecule has 0 aromatic heterocycles. The van der Waals surface area contributed by atoms with E-state index in [0.29, 0.717) is 48.8 Å². The van der Waals surface area contributed by atoms with Crippen LogP contribution in [0.4, 0.5) is 0 Å². The number of aliphatic hydroxyl groups is 1. The fourth-order valence-electron chi connectivity index (χ4n) is 4.38. The predicted molar refractivity (Wildman–Crippen MR) is 130 cm³/mol. The first-order valence-electron chi connectivity index (χ1n) is 11.5. The summed E-state index contributed by atoms with van der Waals surface area (Å²) in [4.78, 5) is 27.9. The molecular weight excluding hydrogens is 434 g/mol. The van der Waals surface area contributed by atoms with Crippen LogP contribution in [0.15, 0.2) is 42.0 Å². The number of hydrogen-bond donors (Lipinski definition) is 1. The Morgan fingerprint density at radius 1 is 1.09 bits per heavy atom. The second-order valence-corrected chi connectivity index (χ2v) is 8.42. The van der Waals surface area contributed by atoms with Gasteiger partial charge in [-0.2, -0.15) is 0 Å². The molecule has 1 unspecified atom stereocenters. The minimum absolute atomic E-state index is 0.0401. The van der Waals surface area contributed by atoms with E-state index in [9.17, 15) is 14.7 Å². The highest BCUT2D eigenvalue weighted by Crippen LogP contribution is 2.42. The number of amides is 1. The van der Waals surface area contributed by atoms with Crippen molar-refractivity contribution in [3.63, 3.8) is 0 Å². The maximum atomic E-state index is 13.3. The number of hydrogen-bond acceptors (Lipinski definition) is 6. The zero-order chi connectivity index (χ0) is 24.8. The van der Waals surface area contributed by atoms with Gasteiger partial charge in [0.15, 0.2) is 0 Å². The summed E-state index contributed by atoms with van der Waals surface area (Å²) in [5.41, 5.74) is 2.84. The molecule has 2 aromatic rings. The van der Waals surface area contributed by atoms with E-state index in [1.165, 1.54) is 12.0 Å². The number of aliphatic hydroxyl groups excluding tert-OH is 1. The van der Waals surface area contributed by atoms with Gasteiger partial charge in [0.1, 0.15) is 17.3 Å². The molecule has 1 amide bonds. The molecule has 3 rings (SSSR count). The summed E-state index contributed by atoms with van der Waals surface area (Å²) in [6, 6.07) is 10.3. The molecule has 0 spiro atoms. The Kier molecular flexibility index (Phi) is 8.34. The first-order valence-corrected chi connectivity index (χ1v) is 11.5. The molecule has 1 heterocycles. The van der Waals surface area contributed by atoms with Gasteiger partial charge in [0.25, 0.3) is 11.7 Å². The summed E-state index contributed by atoms with van der Waals surface area (Å²) in [6.07, 6.45) is 1.41. The van der Waals surface area contributed by atoms with Gasteiger partial charge in [-0.05, 0) is 61.6 Å². The zero-order valence-electron chi connectivity index (χ0n) is 20.5. The second kappa shape index (κ2) is 11.2. The van der Waals surface area contributed by atoms with E-state index in [0.717, 1.165) is 17.5 Å². The number of aryl methyl sites for hydroxylation is 2. The quantitative estimate of drug-likeness (QED) is 0.239. The SMILES string of the molecule is CCCOc1cccc(C2/C(=C(\O)c3cc(C)cc(C)c3OC)C(=O)C(=O)N2CCCOC)c1. The van der Waals surface area contributed by atoms with E-state index in [1.54, 1.807) is 13.2 Å². The Morgan fingerprint density at radius 3 is 2.53 bits per heavy atom. The van der Waals surface area contributed by atoms with Crippen molar-refractivity contribution in [2.75, 3.05) is 34.0 Å². The van der Waals surface area contributed by atoms with Crippen molar-refractivity contribution in [3.8, 4) is 11.5 Å². The average molecular weight is 468 g/mol. The molecule has 1 aliphatic heterocycles. The molecule has 34 heavy (non-hydrogen) atoms. The molecule has 0 bridgehead atoms. The monoisotopic (exact) mass is 467 g/mol. The van der Waals surface area contributed by atoms with Crippen LogP contribution in [0.1, 0.15) is 48.1 Å². The van der Waals surface area contributed by atoms with E-state index in [-0.39, 0.29) is 11.3 Å². The lowest BCUT2D eigenvalue weighted by atomic mass is 9.93. The molecule has 1 saturated heterocycles. The van der Waals surface area contributed by atoms with Crippen LogP contribution in [-0.4, -0.2) is 55.7 Å². The van der Waals surface area contributed by atoms with Crippen LogP contribution in [0.25, 0.3) is 5.76 Å². The number of likely N-dealkylation sites (tertiary alicyclic amines) is 1. The number of methoxy groups -OCH3 is 2. The largest absolute Gasteiger partial charge is 0.507 e. The number of carbonyl (C=O) groups excluding carboxylic acids is 2. The van der Waals surface area contributed by atoms with Gasteiger partial charge >= 0.3 is 0 Å². The molecule has 182 valence electrons. The highest BCUT2D eigenvalue weighted by molar-refractivity contribution is 6.46. The average Bonchev–Trinajstić information content (AvgIpc) is 3.07. The smallest absolute Gasteiger partial charge is 0.295 e. The summed E-state index contributed by atoms with van der Waals surface area (Å²) in [5.74, 6) is -0.508. The van der Waals surface area contributed by atoms with Crippen molar-refractivity contribution < 1.29 is 28.9 Å². The molecular formula is C27H33NO6. The lowest BCUT2D eigenvalue weighted by Crippen LogP contribution is -2.31. The lowest BCUT2D eigenvalue weighted by molar-refractivity contribution is -0.140. The summed E-state index contributed by atoms with van der Waals surface area (Å²) in [7, 11) is 3.11. The number of nitrogens with zero attached hydrogens (tertiary/aromatic N) is 1. The number of ether oxygens (including phenoxy) is 3. The van der Waals surface area contributed by atoms with Crippen LogP contribution >= 0.6 is 0 Å². The van der Waals surface area contributed by atoms with Crippen LogP contribution in [-0.2, 0) is 14.3 Å². The number of rotatable bonds is 10. The van der Waals surface area contributed by atoms with Gasteiger partial charge in [0.2, 0.25) is 0 Å². The Morgan fingerprint density at radius 2 is 1.85 bits per heavy atom. The Balaban J connectivity index is 2.20. The van der Waals surface area contributed by atoms with Gasteiger partial charge in [-0.3, -0.25) is 9.59 Å². The van der Waals surface area contributed by atoms with Gasteiger partial charge in [-0.1, -0.05) is 25.1 Å². The molecule has 7 nitrogen and oxygen atoms in total. The molecule has 1 N–H and O–H groups in total. The van der Waals surface area contributed by atoms with E-state index in [4.69, 9.17) is 14.2 Å². The first kappa shape index (κ1) is 25.3. The third-order valence-electron chi connectivity index (χ3n) is 5.81. The van der Waals surface area contributed by atoms with Crippen molar-refractivity contribution >= 4 is 17.4 Å². The third-order valence-corrected chi connectivity index (χ3v) is 5.81. The standard InChI is InChI=1S/C27H33NO6/c1-6-12-34-20-10-7-9-19(16-20)23-22(25(30)27(31)28(23)11-8-13-32-4)24(29)21-15-17(2)14-18(3)26(21)33-5/h7,9-10,14-16,23,29H,6,8,11-13H2,1-5H3/b24-22+. The van der Waals surface area contributed by atoms with Crippen LogP contribution in [0.5, 0.6) is 11.5 Å². The number of ketones is 1. The maximum absolute atomic E-state index is 13.3. The van der Waals surface area contributed by atoms with Gasteiger partial charge in [0.05, 0.1) is 30.9 Å². The number of carbonyl (C=O) groups is 2. The molecule has 2 aromatic carbocycles. The van der Waals surface area contributed by atoms with Crippen molar-refractivity contribution in [1.82, 2.24) is 4.90 Å². The second-order valence-electron chi connectivity index (χ2n) is 8.42. The summed E-state index contributed by atoms with van der Waals surface area (Å²) in [5, 5.41) is 11.4. The van der Waals surface area contributed by atoms with Crippen molar-refractivity contribution in [2.24, 2.45) is 0 Å². The topological polar surface area (TPSA) is 85.3 Å². The Bertz CT molecular complexity index is 1090. The molecule has 1 atom stereocenters. The molecule has 0 aliphatic carbocycles. The number of benzene rings is 2. The van der Waals surface area contributed by atoms with Gasteiger partial charge in [0, 0.05) is 20.3 Å². The molecule has 7 heteroatoms. The first-order chi connectivity index (χ1) is 16.3. The third kappa shape index (κ3) is 5.09. The zero-order valence-corrected chi connectivity index (χ0v) is 20.5. The highest BCUT2D eigenvalue weighted by atomic mass is 16.5. The van der Waals surface area contributed by atoms with Crippen LogP contribution in [0.2, 0.25) is 0 Å². The van der Waals surface area contributed by atoms with Gasteiger partial charge in [-0.15, -0.1) is 0 Å². The highest BCUT2D eigenvalue weighted by Gasteiger charge is 2.46. The Hall–Kier alpha value is -3.32. The van der Waals surface area contributed by atoms with Gasteiger partial charge < -0.3 is 24.2 Å². The van der Waals surface area contributed by atoms with Crippen LogP contribution in [0, 0.1) is 13.8 Å². The summed E-state index contributed by atoms with van der Waals surface area (Å²) in [6.45, 7) is 7.10. The van der Waals surface area contributed by atoms with E-state index >= 15 is 0 Å². The molecule has 0 saturated carbocycles. The van der Waals surface area contributed by atoms with Crippen molar-refractivity contribution in [3.05, 3.63) is 64.2 Å². The fourth-order valence-corrected chi connectivity index (χ4v) is 4.38. The predicted octanol–water partition coefficient (Wildman–Crippen LogP) is 4.56. The van der Waals surface area contributed by atoms with Crippen LogP contribution in [0.3, 0.4) is 0 Å². The van der Waals surface area contributed by atoms with E-state index in [1.807, 2.05) is 51.1 Å². The van der Waals surface area contributed by atoms with Crippen molar-refractivity contribution in [1.29, 1.82) is 0 Å². The normalized spacial score (nSPS) is 17.3. The minimum Gasteiger partial charge on any atom is -0.507 e. The number of Topliss-reactive ketones (excluding diaryl/α,β-unsaturated/α-hetero) is 1. The lowest BCUT2D eigenvalue weighted by Gasteiger charge is -2.26. The van der Waals surface area contributed by atoms with E-state index < -0.39 is 17.7 Å². The molecule has 1 aliphatic rings. The molecule has 1 fully saturated rings. The summed E-state index contributed by atoms with van der Waals surface area (Å²) >= 11 is 0. The summed E-state index contributed by atoms with van der Waals surface area (Å²) < 4.78 is 16.5. The maximum Gasteiger partial charge on any atom is 0.295 e. The minimum atomic E-state index is -0.757. The Labute approximate surface area is 200 Å². The molecule has 0 radical (unpaired) electrons. The fraction of sp³-hybridized carbons (Fsp3) is 0.407.